The SMILES string of the molecule is CCCCNC(=O)C(=O)N/N=C\c1ccc(OCC(=O)Nc2ccc(C)c(Cl)c2)cc1. The maximum absolute atomic E-state index is 12.0. The van der Waals surface area contributed by atoms with E-state index >= 15 is 0 Å². The zero-order valence-electron chi connectivity index (χ0n) is 17.4. The molecule has 0 heterocycles. The first-order chi connectivity index (χ1) is 14.9. The third-order valence-corrected chi connectivity index (χ3v) is 4.51. The minimum atomic E-state index is -0.826. The Hall–Kier alpha value is -3.39. The Labute approximate surface area is 186 Å². The van der Waals surface area contributed by atoms with Gasteiger partial charge in [0.15, 0.2) is 6.61 Å². The number of hydrazone groups is 1. The lowest BCUT2D eigenvalue weighted by Gasteiger charge is -2.08. The number of nitrogens with one attached hydrogen (secondary N) is 3. The van der Waals surface area contributed by atoms with Gasteiger partial charge in [0.25, 0.3) is 5.91 Å². The van der Waals surface area contributed by atoms with Crippen LogP contribution in [0.3, 0.4) is 0 Å². The third kappa shape index (κ3) is 8.47. The number of unbranched alkanes of at least 4 members (excludes halogenated alkanes) is 1. The van der Waals surface area contributed by atoms with Crippen LogP contribution in [0, 0.1) is 6.92 Å². The minimum absolute atomic E-state index is 0.165. The van der Waals surface area contributed by atoms with Crippen molar-refractivity contribution in [2.75, 3.05) is 18.5 Å². The number of carbonyl (C=O) groups excluding carboxylic acids is 3. The lowest BCUT2D eigenvalue weighted by Crippen LogP contribution is -2.38. The van der Waals surface area contributed by atoms with Crippen LogP contribution >= 0.6 is 11.6 Å². The predicted molar refractivity (Wildman–Crippen MR) is 120 cm³/mol. The largest absolute Gasteiger partial charge is 0.484 e. The number of aryl methyl sites for hydroxylation is 1. The van der Waals surface area contributed by atoms with E-state index in [0.717, 1.165) is 18.4 Å². The summed E-state index contributed by atoms with van der Waals surface area (Å²) < 4.78 is 5.46. The minimum Gasteiger partial charge on any atom is -0.484 e. The lowest BCUT2D eigenvalue weighted by molar-refractivity contribution is -0.139. The maximum atomic E-state index is 12.0. The van der Waals surface area contributed by atoms with Crippen LogP contribution in [0.25, 0.3) is 0 Å². The molecule has 0 aliphatic heterocycles. The van der Waals surface area contributed by atoms with Gasteiger partial charge >= 0.3 is 11.8 Å². The highest BCUT2D eigenvalue weighted by molar-refractivity contribution is 6.35. The van der Waals surface area contributed by atoms with E-state index in [1.807, 2.05) is 19.9 Å². The van der Waals surface area contributed by atoms with Crippen LogP contribution in [0.4, 0.5) is 5.69 Å². The van der Waals surface area contributed by atoms with Gasteiger partial charge in [-0.2, -0.15) is 5.10 Å². The Morgan fingerprint density at radius 1 is 1.10 bits per heavy atom. The van der Waals surface area contributed by atoms with Crippen molar-refractivity contribution in [1.29, 1.82) is 0 Å². The Kier molecular flexibility index (Phi) is 9.51. The van der Waals surface area contributed by atoms with Gasteiger partial charge in [-0.3, -0.25) is 14.4 Å². The van der Waals surface area contributed by atoms with Crippen molar-refractivity contribution >= 4 is 41.2 Å². The zero-order chi connectivity index (χ0) is 22.6. The molecule has 0 aromatic heterocycles. The van der Waals surface area contributed by atoms with Crippen molar-refractivity contribution in [2.24, 2.45) is 5.10 Å². The number of carbonyl (C=O) groups is 3. The van der Waals surface area contributed by atoms with Gasteiger partial charge in [0.05, 0.1) is 6.21 Å². The molecule has 0 radical (unpaired) electrons. The Morgan fingerprint density at radius 3 is 2.52 bits per heavy atom. The van der Waals surface area contributed by atoms with Gasteiger partial charge in [-0.15, -0.1) is 0 Å². The Balaban J connectivity index is 1.76. The molecule has 2 aromatic rings. The average molecular weight is 445 g/mol. The lowest BCUT2D eigenvalue weighted by atomic mass is 10.2. The predicted octanol–water partition coefficient (Wildman–Crippen LogP) is 3.03. The first-order valence-corrected chi connectivity index (χ1v) is 10.2. The van der Waals surface area contributed by atoms with E-state index in [1.165, 1.54) is 6.21 Å². The Morgan fingerprint density at radius 2 is 1.84 bits per heavy atom. The normalized spacial score (nSPS) is 10.5. The fourth-order valence-corrected chi connectivity index (χ4v) is 2.52. The second kappa shape index (κ2) is 12.3. The monoisotopic (exact) mass is 444 g/mol. The number of anilines is 1. The first-order valence-electron chi connectivity index (χ1n) is 9.79. The van der Waals surface area contributed by atoms with Gasteiger partial charge < -0.3 is 15.4 Å². The van der Waals surface area contributed by atoms with Gasteiger partial charge in [-0.1, -0.05) is 31.0 Å². The Bertz CT molecular complexity index is 945. The van der Waals surface area contributed by atoms with Gasteiger partial charge in [0.1, 0.15) is 5.75 Å². The average Bonchev–Trinajstić information content (AvgIpc) is 2.75. The maximum Gasteiger partial charge on any atom is 0.329 e. The second-order valence-electron chi connectivity index (χ2n) is 6.68. The summed E-state index contributed by atoms with van der Waals surface area (Å²) in [6.45, 7) is 4.15. The van der Waals surface area contributed by atoms with Gasteiger partial charge in [0, 0.05) is 17.3 Å². The summed E-state index contributed by atoms with van der Waals surface area (Å²) in [6, 6.07) is 12.0. The highest BCUT2D eigenvalue weighted by Gasteiger charge is 2.11. The van der Waals surface area contributed by atoms with E-state index in [2.05, 4.69) is 21.2 Å². The molecule has 164 valence electrons. The number of nitrogens with zero attached hydrogens (tertiary/aromatic N) is 1. The van der Waals surface area contributed by atoms with E-state index < -0.39 is 11.8 Å². The van der Waals surface area contributed by atoms with Crippen LogP contribution in [0.5, 0.6) is 5.75 Å². The van der Waals surface area contributed by atoms with Crippen LogP contribution in [0.2, 0.25) is 5.02 Å². The van der Waals surface area contributed by atoms with Crippen molar-refractivity contribution in [1.82, 2.24) is 10.7 Å². The van der Waals surface area contributed by atoms with Crippen LogP contribution < -0.4 is 20.8 Å². The third-order valence-electron chi connectivity index (χ3n) is 4.11. The molecule has 2 aromatic carbocycles. The number of rotatable bonds is 9. The summed E-state index contributed by atoms with van der Waals surface area (Å²) in [7, 11) is 0. The number of benzene rings is 2. The quantitative estimate of drug-likeness (QED) is 0.239. The number of hydrogen-bond acceptors (Lipinski definition) is 5. The zero-order valence-corrected chi connectivity index (χ0v) is 18.2. The molecule has 31 heavy (non-hydrogen) atoms. The molecule has 9 heteroatoms. The van der Waals surface area contributed by atoms with Crippen LogP contribution in [-0.4, -0.2) is 37.1 Å². The fraction of sp³-hybridized carbons (Fsp3) is 0.273. The molecule has 0 bridgehead atoms. The van der Waals surface area contributed by atoms with Crippen molar-refractivity contribution in [3.8, 4) is 5.75 Å². The summed E-state index contributed by atoms with van der Waals surface area (Å²) in [4.78, 5) is 35.1. The molecule has 0 saturated heterocycles. The van der Waals surface area contributed by atoms with E-state index in [9.17, 15) is 14.4 Å². The molecule has 2 rings (SSSR count). The number of hydrogen-bond donors (Lipinski definition) is 3. The van der Waals surface area contributed by atoms with Crippen molar-refractivity contribution < 1.29 is 19.1 Å². The molecule has 3 amide bonds. The summed E-state index contributed by atoms with van der Waals surface area (Å²) in [5, 5.41) is 9.54. The second-order valence-corrected chi connectivity index (χ2v) is 7.09. The number of halogens is 1. The van der Waals surface area contributed by atoms with Crippen molar-refractivity contribution in [2.45, 2.75) is 26.7 Å². The molecule has 0 aliphatic carbocycles. The highest BCUT2D eigenvalue weighted by atomic mass is 35.5. The number of amides is 3. The van der Waals surface area contributed by atoms with Gasteiger partial charge in [-0.25, -0.2) is 5.43 Å². The van der Waals surface area contributed by atoms with Crippen molar-refractivity contribution in [3.63, 3.8) is 0 Å². The van der Waals surface area contributed by atoms with E-state index in [4.69, 9.17) is 16.3 Å². The van der Waals surface area contributed by atoms with Crippen LogP contribution in [0.1, 0.15) is 30.9 Å². The molecule has 0 fully saturated rings. The van der Waals surface area contributed by atoms with Gasteiger partial charge in [-0.05, 0) is 60.9 Å². The highest BCUT2D eigenvalue weighted by Crippen LogP contribution is 2.20. The first kappa shape index (κ1) is 23.9. The fourth-order valence-electron chi connectivity index (χ4n) is 2.34. The molecule has 0 atom stereocenters. The van der Waals surface area contributed by atoms with E-state index in [1.54, 1.807) is 36.4 Å². The molecule has 3 N–H and O–H groups in total. The molecular weight excluding hydrogens is 420 g/mol. The van der Waals surface area contributed by atoms with Crippen LogP contribution in [0.15, 0.2) is 47.6 Å². The van der Waals surface area contributed by atoms with Crippen molar-refractivity contribution in [3.05, 3.63) is 58.6 Å². The van der Waals surface area contributed by atoms with Gasteiger partial charge in [0.2, 0.25) is 0 Å². The smallest absolute Gasteiger partial charge is 0.329 e. The molecule has 0 spiro atoms. The van der Waals surface area contributed by atoms with Crippen LogP contribution in [-0.2, 0) is 14.4 Å². The summed E-state index contributed by atoms with van der Waals surface area (Å²) in [6.07, 6.45) is 3.12. The summed E-state index contributed by atoms with van der Waals surface area (Å²) >= 11 is 6.04. The molecule has 0 saturated carbocycles. The molecule has 8 nitrogen and oxygen atoms in total. The topological polar surface area (TPSA) is 109 Å². The van der Waals surface area contributed by atoms with E-state index in [-0.39, 0.29) is 12.5 Å². The molecule has 0 aliphatic rings. The summed E-state index contributed by atoms with van der Waals surface area (Å²) in [5.74, 6) is -1.37. The number of ether oxygens (including phenoxy) is 1. The molecular formula is C22H25ClN4O4. The standard InChI is InChI=1S/C22H25ClN4O4/c1-3-4-11-24-21(29)22(30)27-25-13-16-6-9-18(10-7-16)31-14-20(28)26-17-8-5-15(2)19(23)12-17/h5-10,12-13H,3-4,11,14H2,1-2H3,(H,24,29)(H,26,28)(H,27,30)/b25-13-. The molecule has 0 unspecified atom stereocenters. The van der Waals surface area contributed by atoms with E-state index in [0.29, 0.717) is 28.6 Å². The summed E-state index contributed by atoms with van der Waals surface area (Å²) in [5.41, 5.74) is 4.37.